The highest BCUT2D eigenvalue weighted by Crippen LogP contribution is 2.20. The highest BCUT2D eigenvalue weighted by molar-refractivity contribution is 5.85. The molecule has 7 nitrogen and oxygen atoms in total. The number of methoxy groups -OCH3 is 1. The maximum Gasteiger partial charge on any atom is 0.239 e. The second-order valence-electron chi connectivity index (χ2n) is 5.69. The number of anilines is 1. The van der Waals surface area contributed by atoms with Crippen LogP contribution in [0.2, 0.25) is 0 Å². The molecule has 2 N–H and O–H groups in total. The van der Waals surface area contributed by atoms with Crippen molar-refractivity contribution in [3.8, 4) is 5.75 Å². The van der Waals surface area contributed by atoms with Crippen molar-refractivity contribution in [3.63, 3.8) is 0 Å². The highest BCUT2D eigenvalue weighted by Gasteiger charge is 2.19. The van der Waals surface area contributed by atoms with Crippen LogP contribution < -0.4 is 20.3 Å². The van der Waals surface area contributed by atoms with E-state index in [0.29, 0.717) is 13.1 Å². The van der Waals surface area contributed by atoms with E-state index in [-0.39, 0.29) is 18.4 Å². The monoisotopic (exact) mass is 334 g/mol. The molecule has 0 aliphatic carbocycles. The number of carbonyl (C=O) groups is 2. The number of nitrogens with zero attached hydrogens (tertiary/aromatic N) is 2. The Kier molecular flexibility index (Phi) is 6.87. The zero-order valence-electron chi connectivity index (χ0n) is 14.4. The molecule has 1 heterocycles. The molecule has 0 saturated carbocycles. The van der Waals surface area contributed by atoms with E-state index in [1.807, 2.05) is 31.2 Å². The van der Waals surface area contributed by atoms with Crippen molar-refractivity contribution in [2.75, 3.05) is 57.8 Å². The summed E-state index contributed by atoms with van der Waals surface area (Å²) in [5, 5.41) is 5.30. The number of rotatable bonds is 7. The summed E-state index contributed by atoms with van der Waals surface area (Å²) in [7, 11) is 1.66. The average molecular weight is 334 g/mol. The van der Waals surface area contributed by atoms with Crippen LogP contribution in [-0.4, -0.2) is 69.6 Å². The predicted octanol–water partition coefficient (Wildman–Crippen LogP) is 0.0695. The number of likely N-dealkylation sites (N-methyl/N-ethyl adjacent to an activating group) is 1. The van der Waals surface area contributed by atoms with E-state index in [0.717, 1.165) is 37.6 Å². The van der Waals surface area contributed by atoms with E-state index >= 15 is 0 Å². The number of hydrogen-bond acceptors (Lipinski definition) is 5. The smallest absolute Gasteiger partial charge is 0.239 e. The fourth-order valence-corrected chi connectivity index (χ4v) is 2.65. The minimum absolute atomic E-state index is 0.0402. The van der Waals surface area contributed by atoms with Gasteiger partial charge in [0, 0.05) is 38.4 Å². The van der Waals surface area contributed by atoms with Gasteiger partial charge in [-0.2, -0.15) is 0 Å². The highest BCUT2D eigenvalue weighted by atomic mass is 16.5. The van der Waals surface area contributed by atoms with Gasteiger partial charge >= 0.3 is 0 Å². The molecule has 2 amide bonds. The first kappa shape index (κ1) is 18.1. The number of amides is 2. The Labute approximate surface area is 142 Å². The minimum atomic E-state index is -0.157. The van der Waals surface area contributed by atoms with Crippen LogP contribution in [0.1, 0.15) is 6.92 Å². The van der Waals surface area contributed by atoms with E-state index in [4.69, 9.17) is 4.74 Å². The van der Waals surface area contributed by atoms with Gasteiger partial charge in [0.2, 0.25) is 11.8 Å². The minimum Gasteiger partial charge on any atom is -0.497 e. The molecule has 0 radical (unpaired) electrons. The van der Waals surface area contributed by atoms with E-state index in [1.165, 1.54) is 0 Å². The zero-order valence-corrected chi connectivity index (χ0v) is 14.4. The van der Waals surface area contributed by atoms with Crippen LogP contribution in [0.4, 0.5) is 5.69 Å². The van der Waals surface area contributed by atoms with Gasteiger partial charge in [0.05, 0.1) is 20.2 Å². The molecular formula is C17H26N4O3. The lowest BCUT2D eigenvalue weighted by Crippen LogP contribution is -2.50. The van der Waals surface area contributed by atoms with Gasteiger partial charge < -0.3 is 20.3 Å². The maximum absolute atomic E-state index is 11.9. The number of hydrogen-bond donors (Lipinski definition) is 2. The SMILES string of the molecule is CCNC(=O)CNC(=O)CN1CCN(c2ccc(OC)cc2)CC1. The van der Waals surface area contributed by atoms with Crippen LogP contribution in [0.5, 0.6) is 5.75 Å². The van der Waals surface area contributed by atoms with Gasteiger partial charge in [-0.3, -0.25) is 14.5 Å². The molecule has 0 unspecified atom stereocenters. The van der Waals surface area contributed by atoms with Gasteiger partial charge in [-0.25, -0.2) is 0 Å². The summed E-state index contributed by atoms with van der Waals surface area (Å²) in [6, 6.07) is 8.01. The molecule has 132 valence electrons. The molecule has 1 fully saturated rings. The van der Waals surface area contributed by atoms with Crippen molar-refractivity contribution in [1.29, 1.82) is 0 Å². The van der Waals surface area contributed by atoms with Crippen LogP contribution >= 0.6 is 0 Å². The second kappa shape index (κ2) is 9.12. The largest absolute Gasteiger partial charge is 0.497 e. The third-order valence-corrected chi connectivity index (χ3v) is 4.00. The lowest BCUT2D eigenvalue weighted by atomic mass is 10.2. The first-order chi connectivity index (χ1) is 11.6. The van der Waals surface area contributed by atoms with Crippen molar-refractivity contribution in [2.45, 2.75) is 6.92 Å². The Morgan fingerprint density at radius 3 is 2.29 bits per heavy atom. The first-order valence-corrected chi connectivity index (χ1v) is 8.27. The molecule has 1 saturated heterocycles. The summed E-state index contributed by atoms with van der Waals surface area (Å²) in [5.41, 5.74) is 1.16. The van der Waals surface area contributed by atoms with Crippen molar-refractivity contribution < 1.29 is 14.3 Å². The van der Waals surface area contributed by atoms with Crippen LogP contribution in [0, 0.1) is 0 Å². The van der Waals surface area contributed by atoms with Crippen LogP contribution in [0.15, 0.2) is 24.3 Å². The molecule has 2 rings (SSSR count). The van der Waals surface area contributed by atoms with Crippen molar-refractivity contribution in [3.05, 3.63) is 24.3 Å². The number of benzene rings is 1. The predicted molar refractivity (Wildman–Crippen MR) is 93.3 cm³/mol. The van der Waals surface area contributed by atoms with Gasteiger partial charge in [-0.1, -0.05) is 0 Å². The molecule has 0 bridgehead atoms. The summed E-state index contributed by atoms with van der Waals surface area (Å²) in [5.74, 6) is 0.579. The standard InChI is InChI=1S/C17H26N4O3/c1-3-18-16(22)12-19-17(23)13-20-8-10-21(11-9-20)14-4-6-15(24-2)7-5-14/h4-7H,3,8-13H2,1-2H3,(H,18,22)(H,19,23). The average Bonchev–Trinajstić information content (AvgIpc) is 2.61. The molecular weight excluding hydrogens is 308 g/mol. The summed E-state index contributed by atoms with van der Waals surface area (Å²) in [4.78, 5) is 27.6. The lowest BCUT2D eigenvalue weighted by molar-refractivity contribution is -0.126. The van der Waals surface area contributed by atoms with E-state index in [2.05, 4.69) is 20.4 Å². The summed E-state index contributed by atoms with van der Waals surface area (Å²) < 4.78 is 5.17. The molecule has 1 aliphatic heterocycles. The van der Waals surface area contributed by atoms with Gasteiger partial charge in [0.25, 0.3) is 0 Å². The Bertz CT molecular complexity index is 539. The summed E-state index contributed by atoms with van der Waals surface area (Å²) in [6.45, 7) is 6.17. The fraction of sp³-hybridized carbons (Fsp3) is 0.529. The van der Waals surface area contributed by atoms with Gasteiger partial charge in [-0.05, 0) is 31.2 Å². The number of ether oxygens (including phenoxy) is 1. The summed E-state index contributed by atoms with van der Waals surface area (Å²) in [6.07, 6.45) is 0. The van der Waals surface area contributed by atoms with Crippen molar-refractivity contribution in [2.24, 2.45) is 0 Å². The van der Waals surface area contributed by atoms with E-state index in [1.54, 1.807) is 7.11 Å². The van der Waals surface area contributed by atoms with E-state index in [9.17, 15) is 9.59 Å². The maximum atomic E-state index is 11.9. The Morgan fingerprint density at radius 2 is 1.71 bits per heavy atom. The normalized spacial score (nSPS) is 15.0. The number of carbonyl (C=O) groups excluding carboxylic acids is 2. The zero-order chi connectivity index (χ0) is 17.4. The Morgan fingerprint density at radius 1 is 1.04 bits per heavy atom. The first-order valence-electron chi connectivity index (χ1n) is 8.27. The molecule has 0 spiro atoms. The topological polar surface area (TPSA) is 73.9 Å². The number of piperazine rings is 1. The fourth-order valence-electron chi connectivity index (χ4n) is 2.65. The third-order valence-electron chi connectivity index (χ3n) is 4.00. The quantitative estimate of drug-likeness (QED) is 0.738. The second-order valence-corrected chi connectivity index (χ2v) is 5.69. The van der Waals surface area contributed by atoms with Crippen LogP contribution in [0.25, 0.3) is 0 Å². The molecule has 7 heteroatoms. The van der Waals surface area contributed by atoms with Gasteiger partial charge in [0.1, 0.15) is 5.75 Å². The summed E-state index contributed by atoms with van der Waals surface area (Å²) >= 11 is 0. The molecule has 24 heavy (non-hydrogen) atoms. The molecule has 1 aliphatic rings. The van der Waals surface area contributed by atoms with Gasteiger partial charge in [0.15, 0.2) is 0 Å². The molecule has 0 aromatic heterocycles. The molecule has 1 aromatic carbocycles. The van der Waals surface area contributed by atoms with Crippen LogP contribution in [-0.2, 0) is 9.59 Å². The number of nitrogens with one attached hydrogen (secondary N) is 2. The lowest BCUT2D eigenvalue weighted by Gasteiger charge is -2.35. The molecule has 1 aromatic rings. The van der Waals surface area contributed by atoms with Gasteiger partial charge in [-0.15, -0.1) is 0 Å². The van der Waals surface area contributed by atoms with Crippen molar-refractivity contribution >= 4 is 17.5 Å². The van der Waals surface area contributed by atoms with E-state index < -0.39 is 0 Å². The third kappa shape index (κ3) is 5.42. The van der Waals surface area contributed by atoms with Crippen LogP contribution in [0.3, 0.4) is 0 Å². The van der Waals surface area contributed by atoms with Crippen molar-refractivity contribution in [1.82, 2.24) is 15.5 Å². The Balaban J connectivity index is 1.72. The molecule has 0 atom stereocenters. The Hall–Kier alpha value is -2.28.